The van der Waals surface area contributed by atoms with Gasteiger partial charge in [0.2, 0.25) is 6.79 Å². The number of guanidine groups is 1. The van der Waals surface area contributed by atoms with E-state index >= 15 is 0 Å². The third-order valence-electron chi connectivity index (χ3n) is 4.88. The van der Waals surface area contributed by atoms with Crippen molar-refractivity contribution < 1.29 is 17.9 Å². The van der Waals surface area contributed by atoms with Gasteiger partial charge in [0, 0.05) is 26.2 Å². The molecule has 0 spiro atoms. The second-order valence-corrected chi connectivity index (χ2v) is 9.22. The average molecular weight is 432 g/mol. The normalized spacial score (nSPS) is 14.4. The minimum Gasteiger partial charge on any atom is -0.454 e. The number of rotatable bonds is 8. The van der Waals surface area contributed by atoms with E-state index in [2.05, 4.69) is 10.3 Å². The van der Waals surface area contributed by atoms with Crippen LogP contribution >= 0.6 is 0 Å². The lowest BCUT2D eigenvalue weighted by molar-refractivity contribution is 0.174. The minimum absolute atomic E-state index is 0.00805. The second-order valence-electron chi connectivity index (χ2n) is 7.19. The van der Waals surface area contributed by atoms with Crippen molar-refractivity contribution in [1.82, 2.24) is 10.2 Å². The van der Waals surface area contributed by atoms with Gasteiger partial charge in [0.15, 0.2) is 27.3 Å². The largest absolute Gasteiger partial charge is 0.454 e. The van der Waals surface area contributed by atoms with Crippen LogP contribution in [-0.4, -0.2) is 51.5 Å². The molecule has 1 atom stereocenters. The molecule has 1 aliphatic heterocycles. The Morgan fingerprint density at radius 2 is 1.87 bits per heavy atom. The first kappa shape index (κ1) is 22.0. The molecular weight excluding hydrogens is 402 g/mol. The summed E-state index contributed by atoms with van der Waals surface area (Å²) in [5.74, 6) is 2.17. The summed E-state index contributed by atoms with van der Waals surface area (Å²) in [6, 6.07) is 14.2. The van der Waals surface area contributed by atoms with E-state index in [1.807, 2.05) is 50.1 Å². The van der Waals surface area contributed by atoms with Crippen molar-refractivity contribution in [2.45, 2.75) is 37.8 Å². The van der Waals surface area contributed by atoms with E-state index in [1.54, 1.807) is 24.3 Å². The van der Waals surface area contributed by atoms with Crippen LogP contribution in [-0.2, 0) is 16.4 Å². The summed E-state index contributed by atoms with van der Waals surface area (Å²) in [7, 11) is -1.46. The number of hydrogen-bond donors (Lipinski definition) is 1. The molecule has 2 aromatic carbocycles. The van der Waals surface area contributed by atoms with Crippen LogP contribution in [0.15, 0.2) is 58.4 Å². The highest BCUT2D eigenvalue weighted by Crippen LogP contribution is 2.32. The lowest BCUT2D eigenvalue weighted by Crippen LogP contribution is -2.46. The Labute approximate surface area is 178 Å². The Kier molecular flexibility index (Phi) is 7.20. The Morgan fingerprint density at radius 1 is 1.13 bits per heavy atom. The van der Waals surface area contributed by atoms with Gasteiger partial charge in [-0.2, -0.15) is 0 Å². The van der Waals surface area contributed by atoms with Crippen molar-refractivity contribution in [2.24, 2.45) is 4.99 Å². The third kappa shape index (κ3) is 5.44. The third-order valence-corrected chi connectivity index (χ3v) is 6.71. The molecule has 0 saturated heterocycles. The molecule has 0 aliphatic carbocycles. The number of fused-ring (bicyclic) bond motifs is 1. The van der Waals surface area contributed by atoms with Gasteiger partial charge in [-0.05, 0) is 43.2 Å². The Balaban J connectivity index is 1.69. The quantitative estimate of drug-likeness (QED) is 0.511. The summed E-state index contributed by atoms with van der Waals surface area (Å²) < 4.78 is 36.4. The molecule has 1 heterocycles. The molecule has 7 nitrogen and oxygen atoms in total. The van der Waals surface area contributed by atoms with Crippen LogP contribution in [0, 0.1) is 0 Å². The van der Waals surface area contributed by atoms with Gasteiger partial charge in [-0.15, -0.1) is 0 Å². The van der Waals surface area contributed by atoms with Crippen molar-refractivity contribution in [3.05, 3.63) is 54.1 Å². The minimum atomic E-state index is -3.39. The fourth-order valence-corrected chi connectivity index (χ4v) is 4.86. The first-order valence-corrected chi connectivity index (χ1v) is 11.8. The van der Waals surface area contributed by atoms with Crippen molar-refractivity contribution >= 4 is 15.8 Å². The lowest BCUT2D eigenvalue weighted by Gasteiger charge is -2.27. The standard InChI is InChI=1S/C22H29N3O4S/c1-4-18(15-30(26,27)19-9-7-6-8-10-19)24-22(23-5-2)25(3)14-17-11-12-20-21(13-17)29-16-28-20/h6-13,18H,4-5,14-16H2,1-3H3,(H,23,24). The SMILES string of the molecule is CCN=C(NC(CC)CS(=O)(=O)c1ccccc1)N(C)Cc1ccc2c(c1)OCO2. The first-order valence-electron chi connectivity index (χ1n) is 10.1. The van der Waals surface area contributed by atoms with Crippen LogP contribution < -0.4 is 14.8 Å². The monoisotopic (exact) mass is 431 g/mol. The zero-order valence-corrected chi connectivity index (χ0v) is 18.5. The number of aliphatic imine (C=N–C) groups is 1. The second kappa shape index (κ2) is 9.84. The molecule has 30 heavy (non-hydrogen) atoms. The van der Waals surface area contributed by atoms with Crippen molar-refractivity contribution in [1.29, 1.82) is 0 Å². The van der Waals surface area contributed by atoms with Gasteiger partial charge in [0.25, 0.3) is 0 Å². The van der Waals surface area contributed by atoms with Crippen molar-refractivity contribution in [3.63, 3.8) is 0 Å². The van der Waals surface area contributed by atoms with Gasteiger partial charge in [-0.25, -0.2) is 8.42 Å². The van der Waals surface area contributed by atoms with E-state index < -0.39 is 9.84 Å². The van der Waals surface area contributed by atoms with Gasteiger partial charge in [-0.3, -0.25) is 4.99 Å². The molecule has 0 radical (unpaired) electrons. The first-order chi connectivity index (χ1) is 14.4. The van der Waals surface area contributed by atoms with Gasteiger partial charge in [-0.1, -0.05) is 31.2 Å². The molecule has 0 saturated carbocycles. The van der Waals surface area contributed by atoms with Gasteiger partial charge >= 0.3 is 0 Å². The molecule has 2 aromatic rings. The van der Waals surface area contributed by atoms with Crippen molar-refractivity contribution in [3.8, 4) is 11.5 Å². The lowest BCUT2D eigenvalue weighted by atomic mass is 10.2. The number of nitrogens with one attached hydrogen (secondary N) is 1. The maximum Gasteiger partial charge on any atom is 0.231 e. The number of hydrogen-bond acceptors (Lipinski definition) is 5. The predicted molar refractivity (Wildman–Crippen MR) is 118 cm³/mol. The topological polar surface area (TPSA) is 80.2 Å². The van der Waals surface area contributed by atoms with Crippen LogP contribution in [0.2, 0.25) is 0 Å². The zero-order valence-electron chi connectivity index (χ0n) is 17.7. The van der Waals surface area contributed by atoms with E-state index in [9.17, 15) is 8.42 Å². The van der Waals surface area contributed by atoms with Gasteiger partial charge < -0.3 is 19.7 Å². The highest BCUT2D eigenvalue weighted by atomic mass is 32.2. The fourth-order valence-electron chi connectivity index (χ4n) is 3.25. The smallest absolute Gasteiger partial charge is 0.231 e. The Hall–Kier alpha value is -2.74. The van der Waals surface area contributed by atoms with Crippen LogP contribution in [0.3, 0.4) is 0 Å². The van der Waals surface area contributed by atoms with Crippen LogP contribution in [0.25, 0.3) is 0 Å². The summed E-state index contributed by atoms with van der Waals surface area (Å²) in [5.41, 5.74) is 1.05. The van der Waals surface area contributed by atoms with E-state index in [0.29, 0.717) is 30.4 Å². The number of benzene rings is 2. The maximum absolute atomic E-state index is 12.8. The van der Waals surface area contributed by atoms with Crippen molar-refractivity contribution in [2.75, 3.05) is 26.1 Å². The Bertz CT molecular complexity index is 977. The van der Waals surface area contributed by atoms with E-state index in [0.717, 1.165) is 17.1 Å². The predicted octanol–water partition coefficient (Wildman–Crippen LogP) is 3.07. The molecule has 1 unspecified atom stereocenters. The van der Waals surface area contributed by atoms with Gasteiger partial charge in [0.1, 0.15) is 0 Å². The van der Waals surface area contributed by atoms with E-state index in [4.69, 9.17) is 9.47 Å². The number of sulfone groups is 1. The molecule has 0 aromatic heterocycles. The van der Waals surface area contributed by atoms with Gasteiger partial charge in [0.05, 0.1) is 10.6 Å². The molecule has 0 amide bonds. The molecule has 162 valence electrons. The summed E-state index contributed by atoms with van der Waals surface area (Å²) in [6.45, 7) is 5.37. The van der Waals surface area contributed by atoms with Crippen LogP contribution in [0.1, 0.15) is 25.8 Å². The summed E-state index contributed by atoms with van der Waals surface area (Å²) in [4.78, 5) is 6.89. The highest BCUT2D eigenvalue weighted by Gasteiger charge is 2.22. The molecule has 1 aliphatic rings. The number of nitrogens with zero attached hydrogens (tertiary/aromatic N) is 2. The maximum atomic E-state index is 12.8. The van der Waals surface area contributed by atoms with E-state index in [-0.39, 0.29) is 18.6 Å². The molecular formula is C22H29N3O4S. The molecule has 8 heteroatoms. The molecule has 3 rings (SSSR count). The fraction of sp³-hybridized carbons (Fsp3) is 0.409. The highest BCUT2D eigenvalue weighted by molar-refractivity contribution is 7.91. The summed E-state index contributed by atoms with van der Waals surface area (Å²) in [5, 5.41) is 3.34. The summed E-state index contributed by atoms with van der Waals surface area (Å²) in [6.07, 6.45) is 0.659. The van der Waals surface area contributed by atoms with Crippen LogP contribution in [0.4, 0.5) is 0 Å². The van der Waals surface area contributed by atoms with E-state index in [1.165, 1.54) is 0 Å². The average Bonchev–Trinajstić information content (AvgIpc) is 3.21. The zero-order chi connectivity index (χ0) is 21.6. The molecule has 0 bridgehead atoms. The Morgan fingerprint density at radius 3 is 2.57 bits per heavy atom. The van der Waals surface area contributed by atoms with Crippen LogP contribution in [0.5, 0.6) is 11.5 Å². The molecule has 0 fully saturated rings. The molecule has 1 N–H and O–H groups in total. The summed E-state index contributed by atoms with van der Waals surface area (Å²) >= 11 is 0. The number of ether oxygens (including phenoxy) is 2.